The number of rotatable bonds is 6. The van der Waals surface area contributed by atoms with Gasteiger partial charge in [0.1, 0.15) is 0 Å². The number of nitrogens with zero attached hydrogens (tertiary/aromatic N) is 4. The molecule has 0 radical (unpaired) electrons. The highest BCUT2D eigenvalue weighted by Gasteiger charge is 2.10. The van der Waals surface area contributed by atoms with Gasteiger partial charge in [0.05, 0.1) is 5.69 Å². The second-order valence-corrected chi connectivity index (χ2v) is 5.06. The number of aromatic nitrogens is 4. The molecule has 0 saturated carbocycles. The zero-order valence-corrected chi connectivity index (χ0v) is 11.2. The summed E-state index contributed by atoms with van der Waals surface area (Å²) < 4.78 is 1.74. The minimum absolute atomic E-state index is 0.195. The molecule has 6 heteroatoms. The first-order chi connectivity index (χ1) is 8.81. The second kappa shape index (κ2) is 6.51. The van der Waals surface area contributed by atoms with E-state index in [2.05, 4.69) is 22.4 Å². The van der Waals surface area contributed by atoms with Crippen LogP contribution >= 0.6 is 11.8 Å². The largest absolute Gasteiger partial charge is 0.327 e. The molecule has 1 unspecified atom stereocenters. The van der Waals surface area contributed by atoms with Crippen molar-refractivity contribution >= 4 is 11.8 Å². The van der Waals surface area contributed by atoms with Gasteiger partial charge in [0.2, 0.25) is 5.16 Å². The molecular weight excluding hydrogens is 246 g/mol. The maximum atomic E-state index is 5.99. The van der Waals surface area contributed by atoms with Crippen LogP contribution in [0.1, 0.15) is 19.8 Å². The average Bonchev–Trinajstić information content (AvgIpc) is 2.86. The van der Waals surface area contributed by atoms with E-state index in [0.29, 0.717) is 0 Å². The summed E-state index contributed by atoms with van der Waals surface area (Å²) in [6, 6.07) is 10.1. The third kappa shape index (κ3) is 3.30. The van der Waals surface area contributed by atoms with Gasteiger partial charge in [-0.3, -0.25) is 0 Å². The van der Waals surface area contributed by atoms with Crippen molar-refractivity contribution in [3.63, 3.8) is 0 Å². The van der Waals surface area contributed by atoms with Gasteiger partial charge in [-0.1, -0.05) is 43.3 Å². The number of tetrazole rings is 1. The molecule has 1 aromatic heterocycles. The van der Waals surface area contributed by atoms with Crippen molar-refractivity contribution in [2.45, 2.75) is 31.0 Å². The minimum atomic E-state index is 0.195. The fourth-order valence-electron chi connectivity index (χ4n) is 1.64. The number of nitrogens with two attached hydrogens (primary N) is 1. The van der Waals surface area contributed by atoms with Crippen LogP contribution in [0.15, 0.2) is 35.5 Å². The molecular formula is C12H17N5S. The number of thioether (sulfide) groups is 1. The van der Waals surface area contributed by atoms with Crippen molar-refractivity contribution < 1.29 is 0 Å². The van der Waals surface area contributed by atoms with Gasteiger partial charge in [0.25, 0.3) is 0 Å². The third-order valence-corrected chi connectivity index (χ3v) is 3.64. The highest BCUT2D eigenvalue weighted by atomic mass is 32.2. The molecule has 2 aromatic rings. The molecule has 0 aliphatic rings. The predicted molar refractivity (Wildman–Crippen MR) is 72.8 cm³/mol. The van der Waals surface area contributed by atoms with Gasteiger partial charge in [0, 0.05) is 11.8 Å². The summed E-state index contributed by atoms with van der Waals surface area (Å²) in [7, 11) is 0. The van der Waals surface area contributed by atoms with Crippen molar-refractivity contribution in [1.29, 1.82) is 0 Å². The standard InChI is InChI=1S/C12H17N5S/c1-2-6-10(13)9-18-12-14-15-16-17(12)11-7-4-3-5-8-11/h3-5,7-8,10H,2,6,9,13H2,1H3. The Morgan fingerprint density at radius 1 is 1.33 bits per heavy atom. The molecule has 1 atom stereocenters. The number of para-hydroxylation sites is 1. The van der Waals surface area contributed by atoms with Crippen LogP contribution in [-0.2, 0) is 0 Å². The van der Waals surface area contributed by atoms with Crippen LogP contribution in [0.25, 0.3) is 5.69 Å². The summed E-state index contributed by atoms with van der Waals surface area (Å²) in [5.74, 6) is 0.834. The van der Waals surface area contributed by atoms with Crippen molar-refractivity contribution in [3.05, 3.63) is 30.3 Å². The first kappa shape index (κ1) is 13.0. The molecule has 0 bridgehead atoms. The van der Waals surface area contributed by atoms with Gasteiger partial charge >= 0.3 is 0 Å². The lowest BCUT2D eigenvalue weighted by molar-refractivity contribution is 0.659. The van der Waals surface area contributed by atoms with Crippen LogP contribution in [0.4, 0.5) is 0 Å². The molecule has 5 nitrogen and oxygen atoms in total. The van der Waals surface area contributed by atoms with Gasteiger partial charge in [0.15, 0.2) is 0 Å². The van der Waals surface area contributed by atoms with Gasteiger partial charge in [-0.05, 0) is 29.0 Å². The summed E-state index contributed by atoms with van der Waals surface area (Å²) >= 11 is 1.60. The fraction of sp³-hybridized carbons (Fsp3) is 0.417. The molecule has 0 spiro atoms. The molecule has 18 heavy (non-hydrogen) atoms. The van der Waals surface area contributed by atoms with E-state index in [1.165, 1.54) is 0 Å². The maximum absolute atomic E-state index is 5.99. The molecule has 0 aliphatic heterocycles. The fourth-order valence-corrected chi connectivity index (χ4v) is 2.52. The Hall–Kier alpha value is -1.40. The zero-order chi connectivity index (χ0) is 12.8. The van der Waals surface area contributed by atoms with E-state index in [4.69, 9.17) is 5.73 Å². The molecule has 1 aromatic carbocycles. The van der Waals surface area contributed by atoms with Crippen molar-refractivity contribution in [1.82, 2.24) is 20.2 Å². The minimum Gasteiger partial charge on any atom is -0.327 e. The van der Waals surface area contributed by atoms with E-state index in [1.54, 1.807) is 16.4 Å². The van der Waals surface area contributed by atoms with Gasteiger partial charge < -0.3 is 5.73 Å². The Morgan fingerprint density at radius 2 is 2.11 bits per heavy atom. The van der Waals surface area contributed by atoms with E-state index in [-0.39, 0.29) is 6.04 Å². The molecule has 0 saturated heterocycles. The highest BCUT2D eigenvalue weighted by molar-refractivity contribution is 7.99. The van der Waals surface area contributed by atoms with E-state index < -0.39 is 0 Å². The lowest BCUT2D eigenvalue weighted by atomic mass is 10.2. The van der Waals surface area contributed by atoms with Crippen molar-refractivity contribution in [2.24, 2.45) is 5.73 Å². The summed E-state index contributed by atoms with van der Waals surface area (Å²) in [6.07, 6.45) is 2.13. The Kier molecular flexibility index (Phi) is 4.72. The number of benzene rings is 1. The molecule has 1 heterocycles. The molecule has 2 N–H and O–H groups in total. The molecule has 0 amide bonds. The quantitative estimate of drug-likeness (QED) is 0.806. The van der Waals surface area contributed by atoms with Gasteiger partial charge in [-0.25, -0.2) is 0 Å². The molecule has 0 fully saturated rings. The van der Waals surface area contributed by atoms with E-state index in [9.17, 15) is 0 Å². The lowest BCUT2D eigenvalue weighted by Crippen LogP contribution is -2.22. The highest BCUT2D eigenvalue weighted by Crippen LogP contribution is 2.19. The first-order valence-electron chi connectivity index (χ1n) is 6.03. The zero-order valence-electron chi connectivity index (χ0n) is 10.4. The first-order valence-corrected chi connectivity index (χ1v) is 7.02. The van der Waals surface area contributed by atoms with Crippen LogP contribution in [-0.4, -0.2) is 32.0 Å². The molecule has 96 valence electrons. The smallest absolute Gasteiger partial charge is 0.214 e. The van der Waals surface area contributed by atoms with Gasteiger partial charge in [-0.2, -0.15) is 4.68 Å². The van der Waals surface area contributed by atoms with Crippen LogP contribution in [0.2, 0.25) is 0 Å². The summed E-state index contributed by atoms with van der Waals surface area (Å²) in [6.45, 7) is 2.14. The van der Waals surface area contributed by atoms with Crippen LogP contribution in [0, 0.1) is 0 Å². The SMILES string of the molecule is CCCC(N)CSc1nnnn1-c1ccccc1. The van der Waals surface area contributed by atoms with E-state index in [0.717, 1.165) is 29.4 Å². The molecule has 0 aliphatic carbocycles. The lowest BCUT2D eigenvalue weighted by Gasteiger charge is -2.09. The van der Waals surface area contributed by atoms with Gasteiger partial charge in [-0.15, -0.1) is 5.10 Å². The van der Waals surface area contributed by atoms with Crippen LogP contribution in [0.3, 0.4) is 0 Å². The summed E-state index contributed by atoms with van der Waals surface area (Å²) in [4.78, 5) is 0. The van der Waals surface area contributed by atoms with Crippen LogP contribution < -0.4 is 5.73 Å². The molecule has 2 rings (SSSR count). The number of hydrogen-bond donors (Lipinski definition) is 1. The van der Waals surface area contributed by atoms with Crippen LogP contribution in [0.5, 0.6) is 0 Å². The summed E-state index contributed by atoms with van der Waals surface area (Å²) in [5, 5.41) is 12.5. The summed E-state index contributed by atoms with van der Waals surface area (Å²) in [5.41, 5.74) is 6.96. The van der Waals surface area contributed by atoms with Crippen molar-refractivity contribution in [3.8, 4) is 5.69 Å². The number of hydrogen-bond acceptors (Lipinski definition) is 5. The Labute approximate surface area is 111 Å². The van der Waals surface area contributed by atoms with E-state index in [1.807, 2.05) is 30.3 Å². The normalized spacial score (nSPS) is 12.6. The Bertz CT molecular complexity index is 470. The topological polar surface area (TPSA) is 69.6 Å². The second-order valence-electron chi connectivity index (χ2n) is 4.07. The Morgan fingerprint density at radius 3 is 2.83 bits per heavy atom. The monoisotopic (exact) mass is 263 g/mol. The maximum Gasteiger partial charge on any atom is 0.214 e. The average molecular weight is 263 g/mol. The van der Waals surface area contributed by atoms with E-state index >= 15 is 0 Å². The third-order valence-electron chi connectivity index (χ3n) is 2.53. The Balaban J connectivity index is 2.05. The predicted octanol–water partition coefficient (Wildman–Crippen LogP) is 1.88. The van der Waals surface area contributed by atoms with Crippen molar-refractivity contribution in [2.75, 3.05) is 5.75 Å².